The van der Waals surface area contributed by atoms with Gasteiger partial charge < -0.3 is 14.8 Å². The number of rotatable bonds is 7. The van der Waals surface area contributed by atoms with Gasteiger partial charge in [-0.1, -0.05) is 6.92 Å². The predicted molar refractivity (Wildman–Crippen MR) is 69.9 cm³/mol. The third-order valence-electron chi connectivity index (χ3n) is 3.46. The number of nitrogens with one attached hydrogen (secondary N) is 1. The third-order valence-corrected chi connectivity index (χ3v) is 3.46. The van der Waals surface area contributed by atoms with Crippen molar-refractivity contribution >= 4 is 0 Å². The molecule has 1 fully saturated rings. The number of aromatic nitrogens is 2. The van der Waals surface area contributed by atoms with Gasteiger partial charge in [0.05, 0.1) is 6.33 Å². The Bertz CT molecular complexity index is 296. The van der Waals surface area contributed by atoms with Crippen molar-refractivity contribution in [2.24, 2.45) is 5.92 Å². The zero-order valence-electron chi connectivity index (χ0n) is 10.8. The number of imidazole rings is 1. The highest BCUT2D eigenvalue weighted by atomic mass is 15.2. The lowest BCUT2D eigenvalue weighted by Gasteiger charge is -2.16. The Labute approximate surface area is 104 Å². The largest absolute Gasteiger partial charge is 0.336 e. The number of hydrogen-bond donors (Lipinski definition) is 1. The van der Waals surface area contributed by atoms with Gasteiger partial charge in [-0.25, -0.2) is 4.98 Å². The van der Waals surface area contributed by atoms with E-state index in [-0.39, 0.29) is 0 Å². The Kier molecular flexibility index (Phi) is 5.01. The zero-order chi connectivity index (χ0) is 11.9. The van der Waals surface area contributed by atoms with Crippen molar-refractivity contribution in [1.82, 2.24) is 19.8 Å². The first-order chi connectivity index (χ1) is 8.38. The van der Waals surface area contributed by atoms with Crippen LogP contribution in [0.1, 0.15) is 19.8 Å². The normalized spacial score (nSPS) is 21.1. The summed E-state index contributed by atoms with van der Waals surface area (Å²) in [6.45, 7) is 9.30. The highest BCUT2D eigenvalue weighted by Crippen LogP contribution is 2.14. The molecule has 0 amide bonds. The van der Waals surface area contributed by atoms with Crippen LogP contribution >= 0.6 is 0 Å². The van der Waals surface area contributed by atoms with Gasteiger partial charge >= 0.3 is 0 Å². The van der Waals surface area contributed by atoms with Gasteiger partial charge in [0.2, 0.25) is 0 Å². The molecule has 2 rings (SSSR count). The summed E-state index contributed by atoms with van der Waals surface area (Å²) >= 11 is 0. The van der Waals surface area contributed by atoms with Crippen LogP contribution in [0.25, 0.3) is 0 Å². The summed E-state index contributed by atoms with van der Waals surface area (Å²) in [5.41, 5.74) is 0. The molecule has 1 aliphatic rings. The first kappa shape index (κ1) is 12.6. The highest BCUT2D eigenvalue weighted by molar-refractivity contribution is 4.79. The minimum atomic E-state index is 0.851. The van der Waals surface area contributed by atoms with E-state index in [9.17, 15) is 0 Å². The molecule has 0 aliphatic carbocycles. The van der Waals surface area contributed by atoms with Crippen molar-refractivity contribution in [3.8, 4) is 0 Å². The fourth-order valence-corrected chi connectivity index (χ4v) is 2.44. The SMILES string of the molecule is CCCNCC1CCN(CCn2ccnc2)C1. The molecule has 17 heavy (non-hydrogen) atoms. The second kappa shape index (κ2) is 6.77. The Balaban J connectivity index is 1.61. The molecule has 4 heteroatoms. The lowest BCUT2D eigenvalue weighted by atomic mass is 10.1. The van der Waals surface area contributed by atoms with Crippen LogP contribution < -0.4 is 5.32 Å². The molecule has 1 aliphatic heterocycles. The molecular weight excluding hydrogens is 212 g/mol. The smallest absolute Gasteiger partial charge is 0.0946 e. The topological polar surface area (TPSA) is 33.1 Å². The molecule has 1 N–H and O–H groups in total. The van der Waals surface area contributed by atoms with Crippen molar-refractivity contribution in [3.05, 3.63) is 18.7 Å². The summed E-state index contributed by atoms with van der Waals surface area (Å²) in [5, 5.41) is 3.53. The Morgan fingerprint density at radius 2 is 2.35 bits per heavy atom. The summed E-state index contributed by atoms with van der Waals surface area (Å²) < 4.78 is 2.16. The van der Waals surface area contributed by atoms with Crippen molar-refractivity contribution in [3.63, 3.8) is 0 Å². The van der Waals surface area contributed by atoms with E-state index < -0.39 is 0 Å². The van der Waals surface area contributed by atoms with E-state index in [4.69, 9.17) is 0 Å². The van der Waals surface area contributed by atoms with Crippen LogP contribution in [0.3, 0.4) is 0 Å². The monoisotopic (exact) mass is 236 g/mol. The molecule has 1 saturated heterocycles. The summed E-state index contributed by atoms with van der Waals surface area (Å²) in [6, 6.07) is 0. The Morgan fingerprint density at radius 3 is 3.12 bits per heavy atom. The lowest BCUT2D eigenvalue weighted by Crippen LogP contribution is -2.28. The molecule has 0 aromatic carbocycles. The van der Waals surface area contributed by atoms with Gasteiger partial charge in [0.15, 0.2) is 0 Å². The standard InChI is InChI=1S/C13H24N4/c1-2-4-14-10-13-3-6-16(11-13)8-9-17-7-5-15-12-17/h5,7,12-14H,2-4,6,8-11H2,1H3. The summed E-state index contributed by atoms with van der Waals surface area (Å²) in [4.78, 5) is 6.63. The molecule has 0 bridgehead atoms. The van der Waals surface area contributed by atoms with Crippen molar-refractivity contribution in [1.29, 1.82) is 0 Å². The van der Waals surface area contributed by atoms with Crippen molar-refractivity contribution in [2.75, 3.05) is 32.7 Å². The predicted octanol–water partition coefficient (Wildman–Crippen LogP) is 1.20. The Morgan fingerprint density at radius 1 is 1.41 bits per heavy atom. The van der Waals surface area contributed by atoms with Crippen LogP contribution in [-0.4, -0.2) is 47.2 Å². The fourth-order valence-electron chi connectivity index (χ4n) is 2.44. The van der Waals surface area contributed by atoms with Gasteiger partial charge in [0, 0.05) is 32.0 Å². The van der Waals surface area contributed by atoms with E-state index in [2.05, 4.69) is 26.7 Å². The van der Waals surface area contributed by atoms with Crippen LogP contribution in [0, 0.1) is 5.92 Å². The number of likely N-dealkylation sites (tertiary alicyclic amines) is 1. The van der Waals surface area contributed by atoms with E-state index in [0.29, 0.717) is 0 Å². The van der Waals surface area contributed by atoms with E-state index >= 15 is 0 Å². The van der Waals surface area contributed by atoms with Gasteiger partial charge in [-0.05, 0) is 38.4 Å². The first-order valence-electron chi connectivity index (χ1n) is 6.77. The molecule has 1 aromatic heterocycles. The molecular formula is C13H24N4. The van der Waals surface area contributed by atoms with E-state index in [1.807, 2.05) is 18.7 Å². The lowest BCUT2D eigenvalue weighted by molar-refractivity contribution is 0.307. The van der Waals surface area contributed by atoms with E-state index in [0.717, 1.165) is 25.6 Å². The van der Waals surface area contributed by atoms with Gasteiger partial charge in [-0.3, -0.25) is 0 Å². The van der Waals surface area contributed by atoms with Gasteiger partial charge in [-0.2, -0.15) is 0 Å². The molecule has 1 aromatic rings. The van der Waals surface area contributed by atoms with E-state index in [1.165, 1.54) is 32.5 Å². The molecule has 0 radical (unpaired) electrons. The van der Waals surface area contributed by atoms with Gasteiger partial charge in [0.1, 0.15) is 0 Å². The third kappa shape index (κ3) is 4.13. The molecule has 1 unspecified atom stereocenters. The average Bonchev–Trinajstić information content (AvgIpc) is 2.98. The maximum atomic E-state index is 4.07. The summed E-state index contributed by atoms with van der Waals surface area (Å²) in [6.07, 6.45) is 8.37. The molecule has 4 nitrogen and oxygen atoms in total. The molecule has 96 valence electrons. The molecule has 2 heterocycles. The summed E-state index contributed by atoms with van der Waals surface area (Å²) in [5.74, 6) is 0.851. The molecule has 0 saturated carbocycles. The zero-order valence-corrected chi connectivity index (χ0v) is 10.8. The minimum Gasteiger partial charge on any atom is -0.336 e. The number of hydrogen-bond acceptors (Lipinski definition) is 3. The van der Waals surface area contributed by atoms with Crippen LogP contribution in [0.2, 0.25) is 0 Å². The first-order valence-corrected chi connectivity index (χ1v) is 6.77. The van der Waals surface area contributed by atoms with Crippen LogP contribution in [0.4, 0.5) is 0 Å². The highest BCUT2D eigenvalue weighted by Gasteiger charge is 2.21. The average molecular weight is 236 g/mol. The van der Waals surface area contributed by atoms with Crippen LogP contribution in [0.5, 0.6) is 0 Å². The molecule has 1 atom stereocenters. The second-order valence-electron chi connectivity index (χ2n) is 4.96. The maximum Gasteiger partial charge on any atom is 0.0946 e. The van der Waals surface area contributed by atoms with Crippen LogP contribution in [0.15, 0.2) is 18.7 Å². The van der Waals surface area contributed by atoms with Gasteiger partial charge in [-0.15, -0.1) is 0 Å². The Hall–Kier alpha value is -0.870. The van der Waals surface area contributed by atoms with Crippen molar-refractivity contribution in [2.45, 2.75) is 26.3 Å². The maximum absolute atomic E-state index is 4.07. The van der Waals surface area contributed by atoms with Crippen molar-refractivity contribution < 1.29 is 0 Å². The minimum absolute atomic E-state index is 0.851. The number of nitrogens with zero attached hydrogens (tertiary/aromatic N) is 3. The fraction of sp³-hybridized carbons (Fsp3) is 0.769. The van der Waals surface area contributed by atoms with E-state index in [1.54, 1.807) is 0 Å². The molecule has 0 spiro atoms. The quantitative estimate of drug-likeness (QED) is 0.722. The summed E-state index contributed by atoms with van der Waals surface area (Å²) in [7, 11) is 0. The van der Waals surface area contributed by atoms with Gasteiger partial charge in [0.25, 0.3) is 0 Å². The van der Waals surface area contributed by atoms with Crippen LogP contribution in [-0.2, 0) is 6.54 Å². The second-order valence-corrected chi connectivity index (χ2v) is 4.96.